The third kappa shape index (κ3) is 2.07. The molecule has 12 heavy (non-hydrogen) atoms. The minimum atomic E-state index is -0.683. The highest BCUT2D eigenvalue weighted by atomic mass is 28.3. The van der Waals surface area contributed by atoms with Gasteiger partial charge in [0.25, 0.3) is 0 Å². The Morgan fingerprint density at radius 2 is 1.67 bits per heavy atom. The Labute approximate surface area is 76.1 Å². The minimum Gasteiger partial charge on any atom is -0.377 e. The third-order valence-corrected chi connectivity index (χ3v) is 3.48. The smallest absolute Gasteiger partial charge is 0.342 e. The normalized spacial score (nSPS) is 10.4. The molecule has 0 atom stereocenters. The van der Waals surface area contributed by atoms with Gasteiger partial charge in [0.1, 0.15) is 12.4 Å². The molecule has 3 heteroatoms. The molecule has 1 heterocycles. The highest BCUT2D eigenvalue weighted by molar-refractivity contribution is 6.45. The molecule has 0 aromatic carbocycles. The van der Waals surface area contributed by atoms with Gasteiger partial charge in [0.2, 0.25) is 0 Å². The summed E-state index contributed by atoms with van der Waals surface area (Å²) >= 11 is 0. The lowest BCUT2D eigenvalue weighted by Gasteiger charge is -2.11. The summed E-state index contributed by atoms with van der Waals surface area (Å²) in [4.78, 5) is 2.12. The second kappa shape index (κ2) is 3.71. The van der Waals surface area contributed by atoms with Crippen molar-refractivity contribution in [2.45, 2.75) is 13.1 Å². The molecule has 0 aliphatic carbocycles. The Morgan fingerprint density at radius 1 is 1.17 bits per heavy atom. The fraction of sp³-hybridized carbons (Fsp3) is 0.444. The number of hydrogen-bond donors (Lipinski definition) is 0. The van der Waals surface area contributed by atoms with Crippen molar-refractivity contribution in [3.8, 4) is 0 Å². The van der Waals surface area contributed by atoms with Gasteiger partial charge in [0, 0.05) is 31.9 Å². The summed E-state index contributed by atoms with van der Waals surface area (Å²) in [5.74, 6) is 0. The molecule has 0 amide bonds. The van der Waals surface area contributed by atoms with E-state index in [4.69, 9.17) is 0 Å². The third-order valence-electron chi connectivity index (χ3n) is 1.95. The molecule has 0 bridgehead atoms. The molecule has 0 saturated carbocycles. The highest BCUT2D eigenvalue weighted by Gasteiger charge is 2.07. The quantitative estimate of drug-likeness (QED) is 0.614. The maximum absolute atomic E-state index is 2.33. The molecule has 0 spiro atoms. The summed E-state index contributed by atoms with van der Waals surface area (Å²) in [5, 5.41) is 0. The Bertz CT molecular complexity index is 214. The molecule has 66 valence electrons. The lowest BCUT2D eigenvalue weighted by Crippen LogP contribution is -2.46. The maximum atomic E-state index is 2.33. The van der Waals surface area contributed by atoms with Crippen molar-refractivity contribution in [1.29, 1.82) is 0 Å². The van der Waals surface area contributed by atoms with E-state index >= 15 is 0 Å². The van der Waals surface area contributed by atoms with Crippen molar-refractivity contribution in [3.63, 3.8) is 0 Å². The van der Waals surface area contributed by atoms with E-state index in [0.29, 0.717) is 0 Å². The molecule has 0 fully saturated rings. The Morgan fingerprint density at radius 3 is 2.00 bits per heavy atom. The fourth-order valence-corrected chi connectivity index (χ4v) is 1.93. The Balaban J connectivity index is 2.86. The fourth-order valence-electron chi connectivity index (χ4n) is 1.07. The van der Waals surface area contributed by atoms with Gasteiger partial charge in [-0.3, -0.25) is 4.23 Å². The first kappa shape index (κ1) is 9.26. The van der Waals surface area contributed by atoms with E-state index < -0.39 is 8.96 Å². The van der Waals surface area contributed by atoms with Crippen molar-refractivity contribution < 1.29 is 4.23 Å². The molecule has 0 aliphatic heterocycles. The summed E-state index contributed by atoms with van der Waals surface area (Å²) in [7, 11) is 3.44. The van der Waals surface area contributed by atoms with Crippen LogP contribution in [0.25, 0.3) is 0 Å². The summed E-state index contributed by atoms with van der Waals surface area (Å²) in [6, 6.07) is 4.32. The van der Waals surface area contributed by atoms with Crippen molar-refractivity contribution in [2.75, 3.05) is 19.0 Å². The molecular weight excluding hydrogens is 164 g/mol. The summed E-state index contributed by atoms with van der Waals surface area (Å²) in [6.07, 6.45) is 4.35. The van der Waals surface area contributed by atoms with Crippen LogP contribution in [0.2, 0.25) is 13.1 Å². The molecule has 0 radical (unpaired) electrons. The summed E-state index contributed by atoms with van der Waals surface area (Å²) in [5.41, 5.74) is 1.26. The van der Waals surface area contributed by atoms with Gasteiger partial charge in [0.05, 0.1) is 0 Å². The lowest BCUT2D eigenvalue weighted by atomic mass is 10.4. The van der Waals surface area contributed by atoms with Crippen LogP contribution in [-0.4, -0.2) is 23.1 Å². The van der Waals surface area contributed by atoms with Gasteiger partial charge in [0.15, 0.2) is 0 Å². The van der Waals surface area contributed by atoms with E-state index in [1.807, 2.05) is 0 Å². The second-order valence-corrected chi connectivity index (χ2v) is 6.28. The Kier molecular flexibility index (Phi) is 2.86. The van der Waals surface area contributed by atoms with Crippen LogP contribution in [0.4, 0.5) is 5.69 Å². The lowest BCUT2D eigenvalue weighted by molar-refractivity contribution is -0.536. The van der Waals surface area contributed by atoms with Crippen molar-refractivity contribution in [3.05, 3.63) is 24.5 Å². The molecule has 2 nitrogen and oxygen atoms in total. The van der Waals surface area contributed by atoms with E-state index in [1.165, 1.54) is 5.69 Å². The molecule has 0 unspecified atom stereocenters. The van der Waals surface area contributed by atoms with Crippen molar-refractivity contribution in [1.82, 2.24) is 0 Å². The van der Waals surface area contributed by atoms with Gasteiger partial charge in [-0.15, -0.1) is 0 Å². The Hall–Kier alpha value is -0.833. The number of rotatable bonds is 2. The predicted molar refractivity (Wildman–Crippen MR) is 55.2 cm³/mol. The monoisotopic (exact) mass is 181 g/mol. The zero-order valence-corrected chi connectivity index (χ0v) is 9.44. The van der Waals surface area contributed by atoms with Gasteiger partial charge in [-0.2, -0.15) is 0 Å². The van der Waals surface area contributed by atoms with Crippen LogP contribution in [0.1, 0.15) is 0 Å². The zero-order chi connectivity index (χ0) is 9.14. The molecule has 0 saturated heterocycles. The van der Waals surface area contributed by atoms with Gasteiger partial charge in [-0.25, -0.2) is 0 Å². The predicted octanol–water partition coefficient (Wildman–Crippen LogP) is 0.872. The summed E-state index contributed by atoms with van der Waals surface area (Å²) < 4.78 is 2.33. The van der Waals surface area contributed by atoms with Crippen LogP contribution >= 0.6 is 0 Å². The highest BCUT2D eigenvalue weighted by Crippen LogP contribution is 2.05. The number of pyridine rings is 1. The summed E-state index contributed by atoms with van der Waals surface area (Å²) in [6.45, 7) is 4.63. The van der Waals surface area contributed by atoms with Crippen LogP contribution in [-0.2, 0) is 0 Å². The minimum absolute atomic E-state index is 0.683. The first-order valence-electron chi connectivity index (χ1n) is 4.29. The molecule has 1 rings (SSSR count). The van der Waals surface area contributed by atoms with Gasteiger partial charge in [-0.05, 0) is 13.1 Å². The van der Waals surface area contributed by atoms with Gasteiger partial charge in [-0.1, -0.05) is 0 Å². The first-order chi connectivity index (χ1) is 5.61. The number of aromatic nitrogens is 1. The molecule has 1 aromatic heterocycles. The molecular formula is C9H17N2Si+. The molecule has 0 aliphatic rings. The van der Waals surface area contributed by atoms with Crippen LogP contribution in [0, 0.1) is 0 Å². The van der Waals surface area contributed by atoms with E-state index in [-0.39, 0.29) is 0 Å². The second-order valence-electron chi connectivity index (χ2n) is 3.49. The van der Waals surface area contributed by atoms with E-state index in [2.05, 4.69) is 60.8 Å². The van der Waals surface area contributed by atoms with Crippen molar-refractivity contribution >= 4 is 14.6 Å². The zero-order valence-electron chi connectivity index (χ0n) is 8.28. The largest absolute Gasteiger partial charge is 0.377 e. The SMILES string of the molecule is CN(C)c1cc[n+]([SiH](C)C)cc1. The molecule has 0 N–H and O–H groups in total. The van der Waals surface area contributed by atoms with Crippen LogP contribution in [0.15, 0.2) is 24.5 Å². The van der Waals surface area contributed by atoms with Crippen LogP contribution in [0.3, 0.4) is 0 Å². The maximum Gasteiger partial charge on any atom is 0.342 e. The average molecular weight is 181 g/mol. The average Bonchev–Trinajstić information content (AvgIpc) is 2.04. The standard InChI is InChI=1S/C9H17N2Si/c1-10(2)9-5-7-11(8-6-9)12(3)4/h5-8,12H,1-4H3/q+1. The van der Waals surface area contributed by atoms with Crippen LogP contribution in [0.5, 0.6) is 0 Å². The number of hydrogen-bond acceptors (Lipinski definition) is 1. The van der Waals surface area contributed by atoms with E-state index in [9.17, 15) is 0 Å². The number of anilines is 1. The number of nitrogens with zero attached hydrogens (tertiary/aromatic N) is 2. The van der Waals surface area contributed by atoms with Gasteiger partial charge >= 0.3 is 8.96 Å². The van der Waals surface area contributed by atoms with Gasteiger partial charge < -0.3 is 4.90 Å². The van der Waals surface area contributed by atoms with Crippen molar-refractivity contribution in [2.24, 2.45) is 0 Å². The molecule has 1 aromatic rings. The topological polar surface area (TPSA) is 7.12 Å². The van der Waals surface area contributed by atoms with E-state index in [0.717, 1.165) is 0 Å². The van der Waals surface area contributed by atoms with Crippen LogP contribution < -0.4 is 9.13 Å². The first-order valence-corrected chi connectivity index (χ1v) is 7.12. The van der Waals surface area contributed by atoms with E-state index in [1.54, 1.807) is 0 Å².